The number of hydrogen-bond donors (Lipinski definition) is 0. The molecular weight excluding hydrogens is 2380 g/mol. The third kappa shape index (κ3) is 23.4. The van der Waals surface area contributed by atoms with Crippen LogP contribution in [0.1, 0.15) is 223 Å². The van der Waals surface area contributed by atoms with Crippen LogP contribution in [0.5, 0.6) is 0 Å². The molecule has 2 aliphatic rings. The normalized spacial score (nSPS) is 13.5. The molecule has 2 radical (unpaired) electrons. The summed E-state index contributed by atoms with van der Waals surface area (Å²) in [5.41, 5.74) is 18.2. The minimum atomic E-state index is -2.99. The number of para-hydroxylation sites is 2. The maximum atomic E-state index is 15.3. The van der Waals surface area contributed by atoms with Crippen molar-refractivity contribution in [2.45, 2.75) is 197 Å². The molecule has 128 heavy (non-hydrogen) atoms. The number of fused-ring (bicyclic) bond motifs is 9. The van der Waals surface area contributed by atoms with Crippen LogP contribution in [0.15, 0.2) is 239 Å². The Labute approximate surface area is 819 Å². The average molecular weight is 2490 g/mol. The second-order valence-electron chi connectivity index (χ2n) is 34.7. The van der Waals surface area contributed by atoms with E-state index in [1.807, 2.05) is 143 Å². The molecule has 4 atom stereocenters. The summed E-state index contributed by atoms with van der Waals surface area (Å²) >= 11 is 1.69. The smallest absolute Gasteiger partial charge is 0.257 e. The van der Waals surface area contributed by atoms with E-state index in [-0.39, 0.29) is 127 Å². The number of furan rings is 1. The monoisotopic (exact) mass is 2490 g/mol. The Balaban J connectivity index is 0.000000162. The van der Waals surface area contributed by atoms with Gasteiger partial charge in [-0.2, -0.15) is 91.3 Å². The topological polar surface area (TPSA) is 172 Å². The fraction of sp³-hybridized carbons (Fsp3) is 0.320. The summed E-state index contributed by atoms with van der Waals surface area (Å²) in [5.74, 6) is 0.860. The van der Waals surface area contributed by atoms with Gasteiger partial charge in [0.1, 0.15) is 5.58 Å². The van der Waals surface area contributed by atoms with Gasteiger partial charge >= 0.3 is 0 Å². The van der Waals surface area contributed by atoms with Crippen LogP contribution in [0.25, 0.3) is 99.4 Å². The van der Waals surface area contributed by atoms with E-state index in [4.69, 9.17) is 13.3 Å². The fourth-order valence-corrected chi connectivity index (χ4v) is 16.6. The predicted molar refractivity (Wildman–Crippen MR) is 487 cm³/mol. The first kappa shape index (κ1) is 101. The van der Waals surface area contributed by atoms with Crippen LogP contribution in [0.2, 0.25) is 0 Å². The quantitative estimate of drug-likeness (QED) is 0.0591. The summed E-state index contributed by atoms with van der Waals surface area (Å²) in [5, 5.41) is 34.3. The van der Waals surface area contributed by atoms with Crippen molar-refractivity contribution < 1.29 is 121 Å². The number of rotatable bonds is 18. The van der Waals surface area contributed by atoms with E-state index in [1.54, 1.807) is 56.2 Å². The van der Waals surface area contributed by atoms with Gasteiger partial charge < -0.3 is 18.2 Å². The minimum Gasteiger partial charge on any atom is -0.630 e. The minimum absolute atomic E-state index is 0. The van der Waals surface area contributed by atoms with Crippen molar-refractivity contribution in [1.82, 2.24) is 68.7 Å². The Morgan fingerprint density at radius 3 is 1.78 bits per heavy atom. The summed E-state index contributed by atoms with van der Waals surface area (Å²) in [6, 6.07) is 68.5. The molecule has 20 rings (SSSR count). The summed E-state index contributed by atoms with van der Waals surface area (Å²) in [6.45, 7) is 30.7. The van der Waals surface area contributed by atoms with Gasteiger partial charge in [0.05, 0.1) is 17.5 Å². The van der Waals surface area contributed by atoms with Gasteiger partial charge in [0.15, 0.2) is 5.89 Å². The zero-order valence-electron chi connectivity index (χ0n) is 74.3. The van der Waals surface area contributed by atoms with Crippen molar-refractivity contribution >= 4 is 65.4 Å². The first-order chi connectivity index (χ1) is 59.4. The molecule has 0 spiro atoms. The van der Waals surface area contributed by atoms with E-state index in [0.717, 1.165) is 129 Å². The van der Waals surface area contributed by atoms with Crippen molar-refractivity contribution in [2.24, 2.45) is 16.7 Å². The molecule has 0 aliphatic heterocycles. The third-order valence-corrected chi connectivity index (χ3v) is 24.1. The van der Waals surface area contributed by atoms with Gasteiger partial charge in [-0.1, -0.05) is 193 Å². The third-order valence-electron chi connectivity index (χ3n) is 23.3. The van der Waals surface area contributed by atoms with Crippen LogP contribution >= 0.6 is 11.3 Å². The molecule has 1 saturated carbocycles. The van der Waals surface area contributed by atoms with Gasteiger partial charge in [0.2, 0.25) is 0 Å². The first-order valence-electron chi connectivity index (χ1n) is 43.0. The molecular formula is C103H106F2Ir2N14NiO3Pt2S-6. The predicted octanol–water partition coefficient (Wildman–Crippen LogP) is 26.5. The Morgan fingerprint density at radius 2 is 1.13 bits per heavy atom. The number of aromatic nitrogens is 14. The maximum absolute atomic E-state index is 15.3. The molecule has 25 heteroatoms. The van der Waals surface area contributed by atoms with Gasteiger partial charge in [-0.3, -0.25) is 39.7 Å². The van der Waals surface area contributed by atoms with E-state index < -0.39 is 5.92 Å². The molecule has 17 nitrogen and oxygen atoms in total. The van der Waals surface area contributed by atoms with Gasteiger partial charge in [0.25, 0.3) is 5.92 Å². The molecule has 0 saturated heterocycles. The van der Waals surface area contributed by atoms with Crippen LogP contribution in [0, 0.1) is 52.7 Å². The van der Waals surface area contributed by atoms with E-state index >= 15 is 8.78 Å². The first-order valence-corrected chi connectivity index (χ1v) is 43.8. The number of benzene rings is 8. The molecule has 18 aromatic rings. The van der Waals surface area contributed by atoms with Crippen molar-refractivity contribution in [3.05, 3.63) is 313 Å². The summed E-state index contributed by atoms with van der Waals surface area (Å²) in [7, 11) is 0. The average Bonchev–Trinajstić information content (AvgIpc) is 1.57. The molecule has 10 aromatic heterocycles. The molecule has 0 amide bonds. The van der Waals surface area contributed by atoms with E-state index in [9.17, 15) is 0 Å². The molecule has 0 bridgehead atoms. The molecule has 1 fully saturated rings. The zero-order valence-corrected chi connectivity index (χ0v) is 85.4. The largest absolute Gasteiger partial charge is 0.630 e. The number of thiophene rings is 1. The van der Waals surface area contributed by atoms with Crippen molar-refractivity contribution in [3.8, 4) is 45.4 Å². The number of oxazole rings is 2. The van der Waals surface area contributed by atoms with E-state index in [1.165, 1.54) is 76.0 Å². The maximum Gasteiger partial charge on any atom is 0.257 e. The zero-order chi connectivity index (χ0) is 86.1. The Bertz CT molecular complexity index is 6520. The summed E-state index contributed by atoms with van der Waals surface area (Å²) in [6.07, 6.45) is 31.0. The number of alkyl halides is 2. The van der Waals surface area contributed by atoms with Gasteiger partial charge in [-0.25, -0.2) is 13.5 Å². The molecule has 8 aromatic carbocycles. The van der Waals surface area contributed by atoms with Crippen LogP contribution in [0.4, 0.5) is 8.78 Å². The van der Waals surface area contributed by atoms with Crippen LogP contribution < -0.4 is 0 Å². The SMILES string of the molecule is CC(C)(C)Cc1ccnn1-c1[c-]cccc1.CC(C)(C)Cc1ccnn1-c1[c-]ocn1.CCC(C)c1ccc2c(-n3ncc4ccc(C(C)CC)cc43)[c-]sc2c1.CCC(C)c1ccc2c(c1)C(F)(F)c1c[c-]c(-n3nccc3CC3CCCC3)cc1-2.CCC(C)c1nc2c[c-]c(-n3cccn3)cc2o1.[Ir].[Ir].[Ni].[Pt].[Pt].[c-]1ccc2c(oc3ccccc32)c1-n1cccn1. The Hall–Kier alpha value is -9.25. The molecule has 2 aliphatic carbocycles. The van der Waals surface area contributed by atoms with Gasteiger partial charge in [0, 0.05) is 199 Å². The fourth-order valence-electron chi connectivity index (χ4n) is 15.7. The van der Waals surface area contributed by atoms with Crippen molar-refractivity contribution in [1.29, 1.82) is 0 Å². The van der Waals surface area contributed by atoms with Crippen LogP contribution in [-0.2, 0) is 124 Å². The van der Waals surface area contributed by atoms with Gasteiger partial charge in [-0.15, -0.1) is 52.0 Å². The second kappa shape index (κ2) is 45.0. The van der Waals surface area contributed by atoms with Crippen molar-refractivity contribution in [3.63, 3.8) is 0 Å². The van der Waals surface area contributed by atoms with E-state index in [0.29, 0.717) is 40.6 Å². The summed E-state index contributed by atoms with van der Waals surface area (Å²) < 4.78 is 59.5. The number of hydrogen-bond acceptors (Lipinski definition) is 12. The second-order valence-corrected chi connectivity index (χ2v) is 35.5. The van der Waals surface area contributed by atoms with Gasteiger partial charge in [-0.05, 0) is 185 Å². The molecule has 0 N–H and O–H groups in total. The molecule has 680 valence electrons. The van der Waals surface area contributed by atoms with Crippen molar-refractivity contribution in [2.75, 3.05) is 0 Å². The van der Waals surface area contributed by atoms with E-state index in [2.05, 4.69) is 227 Å². The Kier molecular flexibility index (Phi) is 35.5. The summed E-state index contributed by atoms with van der Waals surface area (Å²) in [4.78, 5) is 8.51. The van der Waals surface area contributed by atoms with Crippen LogP contribution in [-0.4, -0.2) is 68.7 Å². The molecule has 4 unspecified atom stereocenters. The molecule has 10 heterocycles. The van der Waals surface area contributed by atoms with Crippen LogP contribution in [0.3, 0.4) is 0 Å². The standard InChI is InChI=1S/C26H27F2N2.C23H25N2S.C15H9N2O.C14H14N3O.C14H17N2.C11H14N3O.2Ir.Ni.2Pt/c1-3-17(2)19-8-10-22-23-16-20(9-11-24(23)26(27,28)25(22)15-19)30-21(12-13-29-30)14-18-6-4-5-7-18;1-5-15(3)17-7-8-19-13-24-25(21(19)11-17)22-14-26-23-12-18(16(4)6-2)9-10-20(22)23;1-2-8-14-11(5-1)12-6-3-7-13(15(12)18-14)17-10-4-9-16-17;1-3-10(2)14-16-12-6-5-11(9-13(12)18-14)17-8-4-7-15-17;1-14(2,3)11-13-9-10-15-16(13)12-7-5-4-6-8-12;1-11(2,3)6-9-4-5-13-14(9)10-7-15-8-12-10;;;;;/h8,10-13,15-18H,3-7,14H2,1-2H3;7-13,15-16H,5-6H2,1-4H3;1-6,8-10H;4,6-10H,3H2,1-2H3;4-7,9-10H,11H2,1-3H3;4-5,8H,6H2,1-3H3;;;;;/q6*-1;;;;;. The number of nitrogens with zero attached hydrogens (tertiary/aromatic N) is 14. The Morgan fingerprint density at radius 1 is 0.516 bits per heavy atom. The number of halogens is 2.